The molecule has 1 aromatic carbocycles. The van der Waals surface area contributed by atoms with Crippen molar-refractivity contribution in [1.29, 1.82) is 0 Å². The first-order valence-corrected chi connectivity index (χ1v) is 22.4. The van der Waals surface area contributed by atoms with Gasteiger partial charge in [0.15, 0.2) is 0 Å². The number of anilines is 2. The summed E-state index contributed by atoms with van der Waals surface area (Å²) < 4.78 is 7.37. The Morgan fingerprint density at radius 3 is 2.55 bits per heavy atom. The Kier molecular flexibility index (Phi) is 11.3. The minimum atomic E-state index is -0.934. The zero-order chi connectivity index (χ0) is 44.8. The summed E-state index contributed by atoms with van der Waals surface area (Å²) in [7, 11) is 3.49. The molecule has 0 bridgehead atoms. The Balaban J connectivity index is 0.763. The first-order valence-electron chi connectivity index (χ1n) is 22.4. The zero-order valence-corrected chi connectivity index (χ0v) is 36.5. The summed E-state index contributed by atoms with van der Waals surface area (Å²) in [4.78, 5) is 57.0. The fraction of sp³-hybridized carbons (Fsp3) is 0.404. The predicted octanol–water partition coefficient (Wildman–Crippen LogP) is 4.47. The Labute approximate surface area is 375 Å². The van der Waals surface area contributed by atoms with E-state index in [1.807, 2.05) is 55.1 Å². The van der Waals surface area contributed by atoms with Crippen molar-refractivity contribution >= 4 is 41.6 Å². The van der Waals surface area contributed by atoms with E-state index in [-0.39, 0.29) is 29.6 Å². The van der Waals surface area contributed by atoms with Gasteiger partial charge in [0.2, 0.25) is 17.6 Å². The molecule has 18 nitrogen and oxygen atoms in total. The summed E-state index contributed by atoms with van der Waals surface area (Å²) in [5, 5.41) is 32.5. The third-order valence-corrected chi connectivity index (χ3v) is 13.4. The van der Waals surface area contributed by atoms with Gasteiger partial charge in [-0.05, 0) is 73.6 Å². The number of aliphatic hydroxyl groups excluding tert-OH is 1. The monoisotopic (exact) mass is 876 g/mol. The summed E-state index contributed by atoms with van der Waals surface area (Å²) in [6, 6.07) is 11.4. The van der Waals surface area contributed by atoms with E-state index in [1.54, 1.807) is 30.1 Å². The molecule has 0 saturated carbocycles. The van der Waals surface area contributed by atoms with Crippen molar-refractivity contribution in [2.24, 2.45) is 16.8 Å². The number of likely N-dealkylation sites (N-methyl/N-ethyl adjacent to an activating group) is 1. The molecule has 8 heterocycles. The number of fused-ring (bicyclic) bond motifs is 4. The normalized spacial score (nSPS) is 23.9. The summed E-state index contributed by atoms with van der Waals surface area (Å²) in [6.07, 6.45) is 21.1. The van der Waals surface area contributed by atoms with Crippen molar-refractivity contribution in [3.63, 3.8) is 0 Å². The lowest BCUT2D eigenvalue weighted by Gasteiger charge is -2.28. The van der Waals surface area contributed by atoms with Gasteiger partial charge in [0.1, 0.15) is 29.5 Å². The van der Waals surface area contributed by atoms with E-state index in [1.165, 1.54) is 11.8 Å². The minimum absolute atomic E-state index is 0.0471. The van der Waals surface area contributed by atoms with Crippen LogP contribution in [0.15, 0.2) is 90.1 Å². The quantitative estimate of drug-likeness (QED) is 0.140. The fourth-order valence-corrected chi connectivity index (χ4v) is 10.0. The van der Waals surface area contributed by atoms with Gasteiger partial charge in [-0.25, -0.2) is 33.7 Å². The lowest BCUT2D eigenvalue weighted by atomic mass is 9.84. The summed E-state index contributed by atoms with van der Waals surface area (Å²) in [5.74, 6) is 1.68. The van der Waals surface area contributed by atoms with Crippen molar-refractivity contribution in [2.75, 3.05) is 23.9 Å². The lowest BCUT2D eigenvalue weighted by molar-refractivity contribution is -0.120. The Morgan fingerprint density at radius 2 is 1.71 bits per heavy atom. The number of carbonyl (C=O) groups excluding carboxylic acids is 3. The molecule has 0 radical (unpaired) electrons. The van der Waals surface area contributed by atoms with Crippen LogP contribution in [0.1, 0.15) is 100 Å². The van der Waals surface area contributed by atoms with E-state index in [9.17, 15) is 19.5 Å². The molecule has 65 heavy (non-hydrogen) atoms. The molecule has 18 heteroatoms. The number of aliphatic imine (C=N–C) groups is 1. The summed E-state index contributed by atoms with van der Waals surface area (Å²) >= 11 is 0. The number of benzene rings is 1. The van der Waals surface area contributed by atoms with Crippen molar-refractivity contribution < 1.29 is 19.5 Å². The predicted molar refractivity (Wildman–Crippen MR) is 242 cm³/mol. The molecule has 0 spiro atoms. The first kappa shape index (κ1) is 41.9. The van der Waals surface area contributed by atoms with Gasteiger partial charge in [-0.15, -0.1) is 16.8 Å². The Bertz CT molecular complexity index is 2780. The number of nitrogens with zero attached hydrogens (tertiary/aromatic N) is 13. The van der Waals surface area contributed by atoms with Crippen molar-refractivity contribution in [2.45, 2.75) is 95.2 Å². The molecular weight excluding hydrogens is 825 g/mol. The molecule has 0 fully saturated rings. The van der Waals surface area contributed by atoms with Gasteiger partial charge >= 0.3 is 5.91 Å². The Morgan fingerprint density at radius 1 is 0.938 bits per heavy atom. The van der Waals surface area contributed by atoms with Crippen molar-refractivity contribution in [1.82, 2.24) is 54.4 Å². The molecule has 6 atom stereocenters. The van der Waals surface area contributed by atoms with Gasteiger partial charge in [-0.3, -0.25) is 19.3 Å². The average molecular weight is 877 g/mol. The van der Waals surface area contributed by atoms with Crippen molar-refractivity contribution in [3.8, 4) is 0 Å². The van der Waals surface area contributed by atoms with E-state index in [2.05, 4.69) is 73.5 Å². The van der Waals surface area contributed by atoms with Crippen LogP contribution in [0.25, 0.3) is 6.08 Å². The number of carbonyl (C=O) groups is 3. The second-order valence-corrected chi connectivity index (χ2v) is 17.4. The zero-order valence-electron chi connectivity index (χ0n) is 36.5. The number of rotatable bonds is 11. The van der Waals surface area contributed by atoms with Gasteiger partial charge in [0.25, 0.3) is 5.91 Å². The molecule has 10 rings (SSSR count). The third-order valence-electron chi connectivity index (χ3n) is 13.4. The van der Waals surface area contributed by atoms with E-state index in [0.717, 1.165) is 66.4 Å². The summed E-state index contributed by atoms with van der Waals surface area (Å²) in [6.45, 7) is 4.96. The molecule has 5 aliphatic rings. The van der Waals surface area contributed by atoms with E-state index >= 15 is 0 Å². The highest BCUT2D eigenvalue weighted by Gasteiger charge is 2.36. The third kappa shape index (κ3) is 7.95. The van der Waals surface area contributed by atoms with Gasteiger partial charge in [0, 0.05) is 58.4 Å². The van der Waals surface area contributed by atoms with Gasteiger partial charge in [0.05, 0.1) is 35.9 Å². The molecule has 2 N–H and O–H groups in total. The number of aliphatic hydroxyl groups is 1. The number of hydrogen-bond acceptors (Lipinski definition) is 11. The van der Waals surface area contributed by atoms with Gasteiger partial charge in [-0.1, -0.05) is 54.6 Å². The van der Waals surface area contributed by atoms with Gasteiger partial charge in [-0.2, -0.15) is 10.2 Å². The smallest absolute Gasteiger partial charge is 0.316 e. The second-order valence-electron chi connectivity index (χ2n) is 17.4. The highest BCUT2D eigenvalue weighted by molar-refractivity contribution is 6.06. The molecule has 4 aliphatic heterocycles. The van der Waals surface area contributed by atoms with Crippen LogP contribution >= 0.6 is 0 Å². The molecule has 4 aromatic heterocycles. The largest absolute Gasteiger partial charge is 0.371 e. The highest BCUT2D eigenvalue weighted by atomic mass is 16.3. The van der Waals surface area contributed by atoms with E-state index in [4.69, 9.17) is 10.2 Å². The highest BCUT2D eigenvalue weighted by Crippen LogP contribution is 2.39. The molecular formula is C47H52N14O4. The van der Waals surface area contributed by atoms with Crippen LogP contribution in [0.4, 0.5) is 11.6 Å². The molecule has 3 unspecified atom stereocenters. The molecule has 3 amide bonds. The van der Waals surface area contributed by atoms with Crippen LogP contribution < -0.4 is 15.1 Å². The Hall–Kier alpha value is -7.08. The maximum absolute atomic E-state index is 13.7. The minimum Gasteiger partial charge on any atom is -0.371 e. The number of aromatic nitrogens is 10. The second kappa shape index (κ2) is 17.5. The SMILES string of the molecule is C=CCC1CC=CC=C1[C@@H]1CCc2nc(C(=O)N=CC3CCn4nc(/C=C/Cc5ccccc5[C@H]5CCc6nc(C(=O)N[C@H]7CCn8nccc8N(C)C7O)nn65)cc4N(C)C3=O)nn21. The molecule has 5 aromatic rings. The molecule has 1 aliphatic carbocycles. The number of amides is 3. The maximum atomic E-state index is 13.7. The average Bonchev–Trinajstić information content (AvgIpc) is 4.18. The lowest BCUT2D eigenvalue weighted by Crippen LogP contribution is -2.50. The van der Waals surface area contributed by atoms with Crippen molar-refractivity contribution in [3.05, 3.63) is 125 Å². The standard InChI is InChI=1S/C47H52N14O4/c1-4-10-29-11-5-7-15-33(29)36-17-19-38-51-42(54-60(36)38)44(62)48-28-31-22-25-59-41(57(3)46(31)64)27-32(53-59)14-9-13-30-12-6-8-16-34(30)37-18-20-39-52-43(55-61(37)39)45(63)50-35-23-26-58-40(21-24-49-58)56(2)47(35)65/h4-9,12,14-16,21,24,27-29,31,35-37,47,65H,1,10-11,13,17-20,22-23,25-26H2,2-3H3,(H,50,63)/b14-9+,48-28?/t29?,31?,35-,36-,37+,47?/m0/s1. The van der Waals surface area contributed by atoms with E-state index in [0.29, 0.717) is 50.5 Å². The van der Waals surface area contributed by atoms with Crippen LogP contribution in [0.5, 0.6) is 0 Å². The number of allylic oxidation sites excluding steroid dienone is 6. The van der Waals surface area contributed by atoms with Crippen LogP contribution in [0, 0.1) is 11.8 Å². The molecule has 0 saturated heterocycles. The number of aryl methyl sites for hydroxylation is 4. The topological polar surface area (TPSA) is 199 Å². The summed E-state index contributed by atoms with van der Waals surface area (Å²) in [5.41, 5.74) is 4.22. The maximum Gasteiger partial charge on any atom is 0.316 e. The first-order chi connectivity index (χ1) is 31.6. The van der Waals surface area contributed by atoms with Crippen LogP contribution in [-0.4, -0.2) is 104 Å². The van der Waals surface area contributed by atoms with Crippen LogP contribution in [0.3, 0.4) is 0 Å². The molecule has 334 valence electrons. The number of nitrogens with one attached hydrogen (secondary N) is 1. The van der Waals surface area contributed by atoms with Gasteiger partial charge < -0.3 is 15.3 Å². The van der Waals surface area contributed by atoms with E-state index < -0.39 is 30.0 Å². The van der Waals surface area contributed by atoms with Crippen LogP contribution in [-0.2, 0) is 37.1 Å². The number of hydrogen-bond donors (Lipinski definition) is 2. The van der Waals surface area contributed by atoms with Crippen LogP contribution in [0.2, 0.25) is 0 Å². The fourth-order valence-electron chi connectivity index (χ4n) is 10.0.